The van der Waals surface area contributed by atoms with Crippen LogP contribution in [0.25, 0.3) is 21.9 Å². The number of fused-ring (bicyclic) bond motifs is 2. The highest BCUT2D eigenvalue weighted by Gasteiger charge is 2.07. The van der Waals surface area contributed by atoms with Crippen molar-refractivity contribution in [2.24, 2.45) is 0 Å². The lowest BCUT2D eigenvalue weighted by Crippen LogP contribution is -2.02. The summed E-state index contributed by atoms with van der Waals surface area (Å²) in [5, 5.41) is 1.24. The Bertz CT molecular complexity index is 724. The van der Waals surface area contributed by atoms with Gasteiger partial charge in [0.05, 0.1) is 10.8 Å². The van der Waals surface area contributed by atoms with Crippen molar-refractivity contribution in [3.63, 3.8) is 0 Å². The third-order valence-electron chi connectivity index (χ3n) is 2.79. The average molecular weight is 289 g/mol. The second-order valence-corrected chi connectivity index (χ2v) is 4.99. The molecule has 3 heteroatoms. The van der Waals surface area contributed by atoms with Crippen LogP contribution < -0.4 is 5.43 Å². The number of rotatable bonds is 0. The van der Waals surface area contributed by atoms with Crippen LogP contribution in [-0.2, 0) is 0 Å². The number of aryl methyl sites for hydroxylation is 1. The summed E-state index contributed by atoms with van der Waals surface area (Å²) in [5.74, 6) is 0. The van der Waals surface area contributed by atoms with Crippen molar-refractivity contribution in [1.29, 1.82) is 0 Å². The van der Waals surface area contributed by atoms with E-state index in [1.54, 1.807) is 12.1 Å². The van der Waals surface area contributed by atoms with E-state index in [4.69, 9.17) is 4.42 Å². The Morgan fingerprint density at radius 1 is 1.00 bits per heavy atom. The second-order valence-electron chi connectivity index (χ2n) is 4.07. The molecule has 0 radical (unpaired) electrons. The first-order valence-corrected chi connectivity index (χ1v) is 6.07. The average Bonchev–Trinajstić information content (AvgIpc) is 2.32. The van der Waals surface area contributed by atoms with Crippen LogP contribution >= 0.6 is 15.9 Å². The molecule has 0 N–H and O–H groups in total. The Hall–Kier alpha value is -1.61. The molecule has 1 heterocycles. The number of benzene rings is 2. The van der Waals surface area contributed by atoms with Gasteiger partial charge in [0.15, 0.2) is 0 Å². The molecule has 17 heavy (non-hydrogen) atoms. The Labute approximate surface area is 106 Å². The maximum absolute atomic E-state index is 12.3. The van der Waals surface area contributed by atoms with E-state index in [1.807, 2.05) is 31.2 Å². The first kappa shape index (κ1) is 10.5. The van der Waals surface area contributed by atoms with Crippen molar-refractivity contribution in [2.45, 2.75) is 6.92 Å². The normalized spacial score (nSPS) is 11.2. The third-order valence-corrected chi connectivity index (χ3v) is 3.28. The number of hydrogen-bond acceptors (Lipinski definition) is 2. The lowest BCUT2D eigenvalue weighted by molar-refractivity contribution is 0.659. The minimum absolute atomic E-state index is 0.0197. The summed E-state index contributed by atoms with van der Waals surface area (Å²) >= 11 is 3.36. The van der Waals surface area contributed by atoms with E-state index < -0.39 is 0 Å². The van der Waals surface area contributed by atoms with Crippen molar-refractivity contribution in [3.05, 3.63) is 56.7 Å². The fraction of sp³-hybridized carbons (Fsp3) is 0.0714. The van der Waals surface area contributed by atoms with Gasteiger partial charge >= 0.3 is 0 Å². The molecule has 0 atom stereocenters. The maximum Gasteiger partial charge on any atom is 0.200 e. The van der Waals surface area contributed by atoms with Crippen LogP contribution in [-0.4, -0.2) is 0 Å². The van der Waals surface area contributed by atoms with Gasteiger partial charge in [-0.05, 0) is 37.3 Å². The molecule has 3 aromatic rings. The summed E-state index contributed by atoms with van der Waals surface area (Å²) in [7, 11) is 0. The van der Waals surface area contributed by atoms with Crippen LogP contribution in [0.15, 0.2) is 50.1 Å². The van der Waals surface area contributed by atoms with Crippen LogP contribution in [0.2, 0.25) is 0 Å². The molecule has 84 valence electrons. The molecular weight excluding hydrogens is 280 g/mol. The predicted molar refractivity (Wildman–Crippen MR) is 72.4 cm³/mol. The molecule has 0 fully saturated rings. The highest BCUT2D eigenvalue weighted by Crippen LogP contribution is 2.22. The number of halogens is 1. The molecule has 0 aliphatic rings. The van der Waals surface area contributed by atoms with Gasteiger partial charge in [-0.15, -0.1) is 0 Å². The molecule has 2 aromatic carbocycles. The molecular formula is C14H9BrO2. The molecule has 1 aromatic heterocycles. The topological polar surface area (TPSA) is 30.2 Å². The number of hydrogen-bond donors (Lipinski definition) is 0. The minimum Gasteiger partial charge on any atom is -0.456 e. The third kappa shape index (κ3) is 1.67. The Morgan fingerprint density at radius 2 is 1.65 bits per heavy atom. The van der Waals surface area contributed by atoms with E-state index in [0.29, 0.717) is 21.9 Å². The summed E-state index contributed by atoms with van der Waals surface area (Å²) in [5.41, 5.74) is 2.33. The summed E-state index contributed by atoms with van der Waals surface area (Å²) in [4.78, 5) is 12.3. The lowest BCUT2D eigenvalue weighted by Gasteiger charge is -2.02. The van der Waals surface area contributed by atoms with Gasteiger partial charge in [-0.2, -0.15) is 0 Å². The summed E-state index contributed by atoms with van der Waals surface area (Å²) in [6.45, 7) is 1.96. The van der Waals surface area contributed by atoms with Crippen LogP contribution in [0, 0.1) is 6.92 Å². The van der Waals surface area contributed by atoms with Gasteiger partial charge in [0, 0.05) is 4.47 Å². The second kappa shape index (κ2) is 3.70. The summed E-state index contributed by atoms with van der Waals surface area (Å²) in [6.07, 6.45) is 0. The van der Waals surface area contributed by atoms with Crippen molar-refractivity contribution in [2.75, 3.05) is 0 Å². The van der Waals surface area contributed by atoms with Gasteiger partial charge in [0.1, 0.15) is 11.2 Å². The zero-order valence-corrected chi connectivity index (χ0v) is 10.7. The van der Waals surface area contributed by atoms with Gasteiger partial charge in [0.2, 0.25) is 5.43 Å². The van der Waals surface area contributed by atoms with Crippen LogP contribution in [0.1, 0.15) is 5.56 Å². The highest BCUT2D eigenvalue weighted by atomic mass is 79.9. The van der Waals surface area contributed by atoms with Crippen LogP contribution in [0.5, 0.6) is 0 Å². The smallest absolute Gasteiger partial charge is 0.200 e. The van der Waals surface area contributed by atoms with Crippen molar-refractivity contribution in [1.82, 2.24) is 0 Å². The first-order valence-electron chi connectivity index (χ1n) is 5.28. The molecule has 3 rings (SSSR count). The molecule has 0 bridgehead atoms. The van der Waals surface area contributed by atoms with Crippen LogP contribution in [0.3, 0.4) is 0 Å². The largest absolute Gasteiger partial charge is 0.456 e. The zero-order valence-electron chi connectivity index (χ0n) is 9.16. The fourth-order valence-electron chi connectivity index (χ4n) is 1.94. The van der Waals surface area contributed by atoms with Gasteiger partial charge in [-0.3, -0.25) is 4.79 Å². The van der Waals surface area contributed by atoms with Gasteiger partial charge in [0.25, 0.3) is 0 Å². The van der Waals surface area contributed by atoms with E-state index in [0.717, 1.165) is 10.0 Å². The van der Waals surface area contributed by atoms with Crippen molar-refractivity contribution in [3.8, 4) is 0 Å². The molecule has 0 saturated carbocycles. The Balaban J connectivity index is 2.58. The Morgan fingerprint density at radius 3 is 2.41 bits per heavy atom. The van der Waals surface area contributed by atoms with Crippen molar-refractivity contribution < 1.29 is 4.42 Å². The SMILES string of the molecule is Cc1ccc2oc3ccc(Br)cc3c(=O)c2c1. The van der Waals surface area contributed by atoms with E-state index in [1.165, 1.54) is 0 Å². The first-order chi connectivity index (χ1) is 8.15. The van der Waals surface area contributed by atoms with Gasteiger partial charge in [-0.25, -0.2) is 0 Å². The maximum atomic E-state index is 12.3. The molecule has 0 spiro atoms. The predicted octanol–water partition coefficient (Wildman–Crippen LogP) is 4.02. The fourth-order valence-corrected chi connectivity index (χ4v) is 2.30. The molecule has 0 saturated heterocycles. The van der Waals surface area contributed by atoms with Gasteiger partial charge in [-0.1, -0.05) is 27.6 Å². The van der Waals surface area contributed by atoms with Gasteiger partial charge < -0.3 is 4.42 Å². The Kier molecular flexibility index (Phi) is 2.30. The highest BCUT2D eigenvalue weighted by molar-refractivity contribution is 9.10. The minimum atomic E-state index is 0.0197. The molecule has 0 aliphatic carbocycles. The van der Waals surface area contributed by atoms with E-state index in [9.17, 15) is 4.79 Å². The van der Waals surface area contributed by atoms with E-state index >= 15 is 0 Å². The van der Waals surface area contributed by atoms with Crippen LogP contribution in [0.4, 0.5) is 0 Å². The lowest BCUT2D eigenvalue weighted by atomic mass is 10.1. The standard InChI is InChI=1S/C14H9BrO2/c1-8-2-4-12-10(6-8)14(16)11-7-9(15)3-5-13(11)17-12/h2-7H,1H3. The molecule has 0 unspecified atom stereocenters. The molecule has 2 nitrogen and oxygen atoms in total. The zero-order chi connectivity index (χ0) is 12.0. The quantitative estimate of drug-likeness (QED) is 0.585. The van der Waals surface area contributed by atoms with E-state index in [2.05, 4.69) is 15.9 Å². The summed E-state index contributed by atoms with van der Waals surface area (Å²) < 4.78 is 6.60. The molecule has 0 amide bonds. The van der Waals surface area contributed by atoms with Crippen molar-refractivity contribution >= 4 is 37.9 Å². The van der Waals surface area contributed by atoms with E-state index in [-0.39, 0.29) is 5.43 Å². The summed E-state index contributed by atoms with van der Waals surface area (Å²) in [6, 6.07) is 11.1. The monoisotopic (exact) mass is 288 g/mol. The molecule has 0 aliphatic heterocycles.